The van der Waals surface area contributed by atoms with Gasteiger partial charge >= 0.3 is 5.97 Å². The minimum absolute atomic E-state index is 0.108. The van der Waals surface area contributed by atoms with Gasteiger partial charge in [0.1, 0.15) is 0 Å². The van der Waals surface area contributed by atoms with Crippen molar-refractivity contribution in [3.63, 3.8) is 0 Å². The normalized spacial score (nSPS) is 22.0. The summed E-state index contributed by atoms with van der Waals surface area (Å²) in [7, 11) is 0. The Morgan fingerprint density at radius 2 is 2.14 bits per heavy atom. The summed E-state index contributed by atoms with van der Waals surface area (Å²) >= 11 is 0. The van der Waals surface area contributed by atoms with Crippen LogP contribution in [0.2, 0.25) is 0 Å². The van der Waals surface area contributed by atoms with E-state index in [-0.39, 0.29) is 18.4 Å². The van der Waals surface area contributed by atoms with Crippen molar-refractivity contribution in [2.24, 2.45) is 5.41 Å². The number of carboxylic acids is 1. The molecule has 1 N–H and O–H groups in total. The van der Waals surface area contributed by atoms with Gasteiger partial charge in [-0.15, -0.1) is 0 Å². The lowest BCUT2D eigenvalue weighted by Crippen LogP contribution is -2.35. The molecule has 1 fully saturated rings. The van der Waals surface area contributed by atoms with Crippen molar-refractivity contribution in [2.75, 3.05) is 13.1 Å². The molecule has 1 atom stereocenters. The van der Waals surface area contributed by atoms with Crippen molar-refractivity contribution in [3.05, 3.63) is 17.5 Å². The second-order valence-electron chi connectivity index (χ2n) is 6.28. The highest BCUT2D eigenvalue weighted by Gasteiger charge is 2.42. The van der Waals surface area contributed by atoms with Crippen LogP contribution in [0.1, 0.15) is 56.1 Å². The van der Waals surface area contributed by atoms with E-state index in [1.54, 1.807) is 22.7 Å². The maximum atomic E-state index is 12.7. The molecule has 1 aromatic rings. The van der Waals surface area contributed by atoms with Crippen molar-refractivity contribution in [3.8, 4) is 0 Å². The monoisotopic (exact) mass is 293 g/mol. The van der Waals surface area contributed by atoms with Gasteiger partial charge in [0.05, 0.1) is 16.7 Å². The average Bonchev–Trinajstić information content (AvgIpc) is 3.02. The zero-order valence-electron chi connectivity index (χ0n) is 13.1. The Morgan fingerprint density at radius 1 is 1.48 bits per heavy atom. The summed E-state index contributed by atoms with van der Waals surface area (Å²) in [4.78, 5) is 25.6. The minimum atomic E-state index is -0.842. The third-order valence-electron chi connectivity index (χ3n) is 4.17. The smallest absolute Gasteiger partial charge is 0.311 e. The summed E-state index contributed by atoms with van der Waals surface area (Å²) in [5, 5.41) is 13.7. The van der Waals surface area contributed by atoms with E-state index in [9.17, 15) is 14.7 Å². The number of amides is 1. The molecular weight excluding hydrogens is 270 g/mol. The van der Waals surface area contributed by atoms with Gasteiger partial charge in [0.25, 0.3) is 5.91 Å². The molecule has 0 spiro atoms. The second kappa shape index (κ2) is 5.50. The van der Waals surface area contributed by atoms with E-state index in [0.29, 0.717) is 25.1 Å². The maximum absolute atomic E-state index is 12.7. The van der Waals surface area contributed by atoms with Gasteiger partial charge in [-0.3, -0.25) is 14.3 Å². The molecule has 116 valence electrons. The number of rotatable bonds is 4. The van der Waals surface area contributed by atoms with Gasteiger partial charge in [0.2, 0.25) is 0 Å². The molecule has 0 radical (unpaired) electrons. The Morgan fingerprint density at radius 3 is 2.62 bits per heavy atom. The van der Waals surface area contributed by atoms with E-state index < -0.39 is 11.4 Å². The van der Waals surface area contributed by atoms with Crippen LogP contribution < -0.4 is 0 Å². The highest BCUT2D eigenvalue weighted by Crippen LogP contribution is 2.32. The van der Waals surface area contributed by atoms with Gasteiger partial charge in [-0.05, 0) is 26.2 Å². The Labute approximate surface area is 124 Å². The number of carbonyl (C=O) groups is 2. The van der Waals surface area contributed by atoms with E-state index >= 15 is 0 Å². The fraction of sp³-hybridized carbons (Fsp3) is 0.667. The van der Waals surface area contributed by atoms with Gasteiger partial charge in [0.15, 0.2) is 0 Å². The second-order valence-corrected chi connectivity index (χ2v) is 6.28. The van der Waals surface area contributed by atoms with Gasteiger partial charge < -0.3 is 10.0 Å². The number of hydrogen-bond acceptors (Lipinski definition) is 3. The predicted octanol–water partition coefficient (Wildman–Crippen LogP) is 1.96. The van der Waals surface area contributed by atoms with Crippen LogP contribution in [0.15, 0.2) is 6.20 Å². The van der Waals surface area contributed by atoms with E-state index in [2.05, 4.69) is 5.10 Å². The molecule has 1 aromatic heterocycles. The lowest BCUT2D eigenvalue weighted by molar-refractivity contribution is -0.147. The number of nitrogens with zero attached hydrogens (tertiary/aromatic N) is 3. The quantitative estimate of drug-likeness (QED) is 0.920. The lowest BCUT2D eigenvalue weighted by atomic mass is 9.90. The fourth-order valence-electron chi connectivity index (χ4n) is 2.67. The lowest BCUT2D eigenvalue weighted by Gasteiger charge is -2.20. The van der Waals surface area contributed by atoms with Gasteiger partial charge in [-0.2, -0.15) is 5.10 Å². The average molecular weight is 293 g/mol. The number of carbonyl (C=O) groups excluding carboxylic acids is 1. The first-order valence-electron chi connectivity index (χ1n) is 7.38. The molecule has 0 saturated carbocycles. The van der Waals surface area contributed by atoms with E-state index in [0.717, 1.165) is 5.69 Å². The van der Waals surface area contributed by atoms with Gasteiger partial charge in [-0.1, -0.05) is 13.8 Å². The van der Waals surface area contributed by atoms with Crippen LogP contribution in [0.5, 0.6) is 0 Å². The Kier molecular flexibility index (Phi) is 4.07. The molecular formula is C15H23N3O3. The van der Waals surface area contributed by atoms with Crippen LogP contribution in [-0.2, 0) is 11.3 Å². The van der Waals surface area contributed by atoms with Gasteiger partial charge in [0, 0.05) is 25.8 Å². The Balaban J connectivity index is 2.25. The summed E-state index contributed by atoms with van der Waals surface area (Å²) in [6.07, 6.45) is 2.26. The van der Waals surface area contributed by atoms with Crippen molar-refractivity contribution < 1.29 is 14.7 Å². The van der Waals surface area contributed by atoms with E-state index in [1.165, 1.54) is 0 Å². The Hall–Kier alpha value is -1.85. The van der Waals surface area contributed by atoms with Gasteiger partial charge in [-0.25, -0.2) is 0 Å². The summed E-state index contributed by atoms with van der Waals surface area (Å²) in [5.41, 5.74) is 0.543. The summed E-state index contributed by atoms with van der Waals surface area (Å²) in [6.45, 7) is 9.13. The molecule has 6 heteroatoms. The molecule has 0 bridgehead atoms. The molecule has 0 unspecified atom stereocenters. The number of carboxylic acid groups (broad SMARTS) is 1. The highest BCUT2D eigenvalue weighted by molar-refractivity contribution is 5.96. The highest BCUT2D eigenvalue weighted by atomic mass is 16.4. The third-order valence-corrected chi connectivity index (χ3v) is 4.17. The fourth-order valence-corrected chi connectivity index (χ4v) is 2.67. The summed E-state index contributed by atoms with van der Waals surface area (Å²) < 4.78 is 1.76. The molecule has 0 aromatic carbocycles. The van der Waals surface area contributed by atoms with Crippen molar-refractivity contribution in [1.82, 2.24) is 14.7 Å². The first-order valence-corrected chi connectivity index (χ1v) is 7.38. The number of likely N-dealkylation sites (tertiary alicyclic amines) is 1. The van der Waals surface area contributed by atoms with Crippen LogP contribution in [0.3, 0.4) is 0 Å². The van der Waals surface area contributed by atoms with Crippen LogP contribution >= 0.6 is 0 Å². The molecule has 1 saturated heterocycles. The van der Waals surface area contributed by atoms with Crippen LogP contribution in [0, 0.1) is 5.41 Å². The molecule has 1 aliphatic heterocycles. The van der Waals surface area contributed by atoms with Crippen LogP contribution in [0.4, 0.5) is 0 Å². The van der Waals surface area contributed by atoms with Crippen molar-refractivity contribution in [2.45, 2.75) is 46.6 Å². The summed E-state index contributed by atoms with van der Waals surface area (Å²) in [5.74, 6) is -0.792. The minimum Gasteiger partial charge on any atom is -0.481 e. The SMILES string of the molecule is CCn1cc(C(=O)N2CC[C@](C)(C(=O)O)C2)c(C(C)C)n1. The number of hydrogen-bond donors (Lipinski definition) is 1. The van der Waals surface area contributed by atoms with Crippen LogP contribution in [-0.4, -0.2) is 44.8 Å². The third kappa shape index (κ3) is 2.80. The predicted molar refractivity (Wildman–Crippen MR) is 78.3 cm³/mol. The van der Waals surface area contributed by atoms with Crippen molar-refractivity contribution >= 4 is 11.9 Å². The standard InChI is InChI=1S/C15H23N3O3/c1-5-18-8-11(12(16-18)10(2)3)13(19)17-7-6-15(4,9-17)14(20)21/h8,10H,5-7,9H2,1-4H3,(H,20,21)/t15-/m0/s1. The molecule has 0 aliphatic carbocycles. The molecule has 1 amide bonds. The topological polar surface area (TPSA) is 75.4 Å². The first-order chi connectivity index (χ1) is 9.78. The Bertz CT molecular complexity index is 565. The van der Waals surface area contributed by atoms with Crippen molar-refractivity contribution in [1.29, 1.82) is 0 Å². The molecule has 2 rings (SSSR count). The maximum Gasteiger partial charge on any atom is 0.311 e. The molecule has 6 nitrogen and oxygen atoms in total. The zero-order chi connectivity index (χ0) is 15.8. The number of aliphatic carboxylic acids is 1. The van der Waals surface area contributed by atoms with E-state index in [1.807, 2.05) is 20.8 Å². The molecule has 21 heavy (non-hydrogen) atoms. The largest absolute Gasteiger partial charge is 0.481 e. The van der Waals surface area contributed by atoms with E-state index in [4.69, 9.17) is 0 Å². The zero-order valence-corrected chi connectivity index (χ0v) is 13.1. The number of aromatic nitrogens is 2. The summed E-state index contributed by atoms with van der Waals surface area (Å²) in [6, 6.07) is 0. The first kappa shape index (κ1) is 15.5. The van der Waals surface area contributed by atoms with Crippen LogP contribution in [0.25, 0.3) is 0 Å². The molecule has 1 aliphatic rings. The molecule has 2 heterocycles. The number of aryl methyl sites for hydroxylation is 1.